The Morgan fingerprint density at radius 1 is 0.963 bits per heavy atom. The zero-order valence-electron chi connectivity index (χ0n) is 14.8. The summed E-state index contributed by atoms with van der Waals surface area (Å²) >= 11 is 0. The summed E-state index contributed by atoms with van der Waals surface area (Å²) in [6.07, 6.45) is 6.63. The molecule has 0 unspecified atom stereocenters. The maximum Gasteiger partial charge on any atom is 0.260 e. The van der Waals surface area contributed by atoms with Gasteiger partial charge in [-0.2, -0.15) is 0 Å². The Hall–Kier alpha value is -3.32. The number of hydrogen-bond donors (Lipinski definition) is 0. The standard InChI is InChI=1S/C20H18N4O3/c1-27-11-10-23-9-6-17-18(20(23)26)15-5-8-24(19(25)16(15)12-22-17)13-14-4-2-3-7-21-14/h2-9,12H,10-11,13H2,1H3. The number of methoxy groups -OCH3 is 1. The molecule has 0 aliphatic rings. The van der Waals surface area contributed by atoms with Crippen LogP contribution in [0, 0.1) is 0 Å². The molecule has 0 aliphatic heterocycles. The number of aromatic nitrogens is 4. The molecule has 7 nitrogen and oxygen atoms in total. The summed E-state index contributed by atoms with van der Waals surface area (Å²) in [6, 6.07) is 9.16. The second-order valence-electron chi connectivity index (χ2n) is 6.22. The van der Waals surface area contributed by atoms with Gasteiger partial charge >= 0.3 is 0 Å². The van der Waals surface area contributed by atoms with Crippen molar-refractivity contribution in [3.05, 3.63) is 81.5 Å². The minimum absolute atomic E-state index is 0.176. The molecule has 0 bridgehead atoms. The fourth-order valence-corrected chi connectivity index (χ4v) is 3.15. The highest BCUT2D eigenvalue weighted by molar-refractivity contribution is 6.04. The van der Waals surface area contributed by atoms with Crippen molar-refractivity contribution in [2.24, 2.45) is 0 Å². The lowest BCUT2D eigenvalue weighted by atomic mass is 10.1. The first-order chi connectivity index (χ1) is 13.2. The quantitative estimate of drug-likeness (QED) is 0.506. The molecule has 27 heavy (non-hydrogen) atoms. The molecule has 4 aromatic rings. The van der Waals surface area contributed by atoms with Crippen LogP contribution in [0.3, 0.4) is 0 Å². The monoisotopic (exact) mass is 362 g/mol. The van der Waals surface area contributed by atoms with Crippen LogP contribution < -0.4 is 11.1 Å². The maximum atomic E-state index is 12.9. The van der Waals surface area contributed by atoms with E-state index < -0.39 is 0 Å². The second-order valence-corrected chi connectivity index (χ2v) is 6.22. The van der Waals surface area contributed by atoms with E-state index in [2.05, 4.69) is 9.97 Å². The summed E-state index contributed by atoms with van der Waals surface area (Å²) in [7, 11) is 1.59. The molecule has 7 heteroatoms. The van der Waals surface area contributed by atoms with Crippen LogP contribution in [0.4, 0.5) is 0 Å². The van der Waals surface area contributed by atoms with Crippen LogP contribution in [0.5, 0.6) is 0 Å². The van der Waals surface area contributed by atoms with Gasteiger partial charge in [-0.15, -0.1) is 0 Å². The van der Waals surface area contributed by atoms with Gasteiger partial charge in [0.15, 0.2) is 0 Å². The summed E-state index contributed by atoms with van der Waals surface area (Å²) in [5.74, 6) is 0. The fourth-order valence-electron chi connectivity index (χ4n) is 3.15. The third kappa shape index (κ3) is 3.13. The molecule has 0 N–H and O–H groups in total. The normalized spacial score (nSPS) is 11.3. The molecular weight excluding hydrogens is 344 g/mol. The first-order valence-electron chi connectivity index (χ1n) is 8.59. The van der Waals surface area contributed by atoms with Crippen molar-refractivity contribution in [1.82, 2.24) is 19.1 Å². The lowest BCUT2D eigenvalue weighted by Crippen LogP contribution is -2.24. The van der Waals surface area contributed by atoms with E-state index in [9.17, 15) is 9.59 Å². The third-order valence-electron chi connectivity index (χ3n) is 4.54. The Labute approximate surface area is 154 Å². The summed E-state index contributed by atoms with van der Waals surface area (Å²) in [4.78, 5) is 34.4. The van der Waals surface area contributed by atoms with Crippen LogP contribution >= 0.6 is 0 Å². The molecule has 0 amide bonds. The average Bonchev–Trinajstić information content (AvgIpc) is 2.70. The molecule has 0 radical (unpaired) electrons. The molecule has 4 aromatic heterocycles. The van der Waals surface area contributed by atoms with Crippen LogP contribution in [-0.4, -0.2) is 32.8 Å². The molecule has 0 saturated carbocycles. The van der Waals surface area contributed by atoms with E-state index in [1.807, 2.05) is 18.2 Å². The van der Waals surface area contributed by atoms with Gasteiger partial charge in [0.25, 0.3) is 11.1 Å². The van der Waals surface area contributed by atoms with Crippen LogP contribution in [0.2, 0.25) is 0 Å². The van der Waals surface area contributed by atoms with Crippen molar-refractivity contribution >= 4 is 21.7 Å². The van der Waals surface area contributed by atoms with Crippen molar-refractivity contribution < 1.29 is 4.74 Å². The second kappa shape index (κ2) is 7.13. The molecule has 4 rings (SSSR count). The first kappa shape index (κ1) is 17.1. The molecule has 0 spiro atoms. The Morgan fingerprint density at radius 2 is 1.81 bits per heavy atom. The van der Waals surface area contributed by atoms with E-state index in [0.29, 0.717) is 41.4 Å². The molecule has 136 valence electrons. The van der Waals surface area contributed by atoms with E-state index in [4.69, 9.17) is 4.74 Å². The Kier molecular flexibility index (Phi) is 4.52. The van der Waals surface area contributed by atoms with Gasteiger partial charge in [0.05, 0.1) is 35.1 Å². The van der Waals surface area contributed by atoms with E-state index in [1.54, 1.807) is 47.0 Å². The van der Waals surface area contributed by atoms with Crippen molar-refractivity contribution in [1.29, 1.82) is 0 Å². The lowest BCUT2D eigenvalue weighted by molar-refractivity contribution is 0.186. The first-order valence-corrected chi connectivity index (χ1v) is 8.59. The van der Waals surface area contributed by atoms with Crippen molar-refractivity contribution in [3.8, 4) is 0 Å². The maximum absolute atomic E-state index is 12.9. The molecule has 4 heterocycles. The number of hydrogen-bond acceptors (Lipinski definition) is 5. The van der Waals surface area contributed by atoms with Gasteiger partial charge in [0, 0.05) is 43.8 Å². The summed E-state index contributed by atoms with van der Waals surface area (Å²) in [6.45, 7) is 1.24. The van der Waals surface area contributed by atoms with Crippen LogP contribution in [-0.2, 0) is 17.8 Å². The van der Waals surface area contributed by atoms with Gasteiger partial charge < -0.3 is 13.9 Å². The van der Waals surface area contributed by atoms with Gasteiger partial charge in [0.1, 0.15) is 0 Å². The lowest BCUT2D eigenvalue weighted by Gasteiger charge is -2.10. The van der Waals surface area contributed by atoms with Gasteiger partial charge in [-0.1, -0.05) is 6.07 Å². The van der Waals surface area contributed by atoms with E-state index >= 15 is 0 Å². The van der Waals surface area contributed by atoms with Gasteiger partial charge in [-0.3, -0.25) is 19.6 Å². The van der Waals surface area contributed by atoms with Gasteiger partial charge in [-0.05, 0) is 24.3 Å². The third-order valence-corrected chi connectivity index (χ3v) is 4.54. The predicted octanol–water partition coefficient (Wildman–Crippen LogP) is 1.80. The summed E-state index contributed by atoms with van der Waals surface area (Å²) in [5, 5.41) is 1.48. The van der Waals surface area contributed by atoms with Crippen LogP contribution in [0.15, 0.2) is 64.7 Å². The zero-order chi connectivity index (χ0) is 18.8. The summed E-state index contributed by atoms with van der Waals surface area (Å²) < 4.78 is 8.21. The molecule has 0 saturated heterocycles. The highest BCUT2D eigenvalue weighted by atomic mass is 16.5. The Morgan fingerprint density at radius 3 is 2.59 bits per heavy atom. The Bertz CT molecular complexity index is 1230. The van der Waals surface area contributed by atoms with E-state index in [0.717, 1.165) is 5.69 Å². The fraction of sp³-hybridized carbons (Fsp3) is 0.200. The molecule has 0 fully saturated rings. The number of fused-ring (bicyclic) bond motifs is 3. The average molecular weight is 362 g/mol. The largest absolute Gasteiger partial charge is 0.383 e. The predicted molar refractivity (Wildman–Crippen MR) is 103 cm³/mol. The smallest absolute Gasteiger partial charge is 0.260 e. The van der Waals surface area contributed by atoms with E-state index in [1.165, 1.54) is 6.20 Å². The van der Waals surface area contributed by atoms with Crippen molar-refractivity contribution in [3.63, 3.8) is 0 Å². The van der Waals surface area contributed by atoms with Crippen molar-refractivity contribution in [2.45, 2.75) is 13.1 Å². The van der Waals surface area contributed by atoms with E-state index in [-0.39, 0.29) is 11.1 Å². The minimum Gasteiger partial charge on any atom is -0.383 e. The molecule has 0 aromatic carbocycles. The topological polar surface area (TPSA) is 79.0 Å². The molecular formula is C20H18N4O3. The highest BCUT2D eigenvalue weighted by Gasteiger charge is 2.12. The number of pyridine rings is 4. The highest BCUT2D eigenvalue weighted by Crippen LogP contribution is 2.18. The molecule has 0 aliphatic carbocycles. The number of nitrogens with zero attached hydrogens (tertiary/aromatic N) is 4. The molecule has 0 atom stereocenters. The summed E-state index contributed by atoms with van der Waals surface area (Å²) in [5.41, 5.74) is 0.987. The van der Waals surface area contributed by atoms with Crippen molar-refractivity contribution in [2.75, 3.05) is 13.7 Å². The zero-order valence-corrected chi connectivity index (χ0v) is 14.8. The van der Waals surface area contributed by atoms with Crippen LogP contribution in [0.1, 0.15) is 5.69 Å². The SMILES string of the molecule is COCCn1ccc2ncc3c(=O)n(Cc4ccccn4)ccc3c2c1=O. The number of rotatable bonds is 5. The van der Waals surface area contributed by atoms with Gasteiger partial charge in [0.2, 0.25) is 0 Å². The minimum atomic E-state index is -0.195. The van der Waals surface area contributed by atoms with Gasteiger partial charge in [-0.25, -0.2) is 0 Å². The van der Waals surface area contributed by atoms with Crippen LogP contribution in [0.25, 0.3) is 21.7 Å². The number of ether oxygens (including phenoxy) is 1. The Balaban J connectivity index is 1.88.